The molecule has 2 N–H and O–H groups in total. The van der Waals surface area contributed by atoms with Crippen molar-refractivity contribution in [1.82, 2.24) is 10.2 Å². The molecule has 18 heavy (non-hydrogen) atoms. The van der Waals surface area contributed by atoms with E-state index >= 15 is 0 Å². The lowest BCUT2D eigenvalue weighted by Crippen LogP contribution is -2.54. The molecule has 0 aromatic carbocycles. The highest BCUT2D eigenvalue weighted by Gasteiger charge is 2.34. The zero-order valence-corrected chi connectivity index (χ0v) is 12.2. The van der Waals surface area contributed by atoms with Crippen molar-refractivity contribution >= 4 is 23.8 Å². The number of amides is 2. The molecule has 1 heterocycles. The second-order valence-corrected chi connectivity index (χ2v) is 6.86. The van der Waals surface area contributed by atoms with Crippen LogP contribution >= 0.6 is 11.8 Å². The van der Waals surface area contributed by atoms with E-state index < -0.39 is 17.4 Å². The number of rotatable bonds is 3. The second kappa shape index (κ2) is 5.82. The fourth-order valence-electron chi connectivity index (χ4n) is 1.87. The molecule has 0 spiro atoms. The Balaban J connectivity index is 2.63. The molecular formula is C12H22N2O3S. The van der Waals surface area contributed by atoms with Gasteiger partial charge in [-0.05, 0) is 17.6 Å². The Hall–Kier alpha value is -0.910. The van der Waals surface area contributed by atoms with Crippen LogP contribution in [0, 0.1) is 5.41 Å². The molecule has 5 nitrogen and oxygen atoms in total. The van der Waals surface area contributed by atoms with Gasteiger partial charge in [0.15, 0.2) is 0 Å². The van der Waals surface area contributed by atoms with Gasteiger partial charge in [-0.3, -0.25) is 0 Å². The maximum Gasteiger partial charge on any atom is 0.326 e. The Morgan fingerprint density at radius 1 is 1.44 bits per heavy atom. The minimum absolute atomic E-state index is 0.212. The molecular weight excluding hydrogens is 252 g/mol. The number of nitrogens with one attached hydrogen (secondary N) is 1. The SMILES string of the molecule is CN(C(=O)N[C@@H](C(=O)O)C(C)(C)C)C1CCSC1. The smallest absolute Gasteiger partial charge is 0.326 e. The van der Waals surface area contributed by atoms with Crippen LogP contribution in [0.3, 0.4) is 0 Å². The summed E-state index contributed by atoms with van der Waals surface area (Å²) in [5.74, 6) is 0.992. The van der Waals surface area contributed by atoms with Gasteiger partial charge in [-0.25, -0.2) is 9.59 Å². The first-order valence-electron chi connectivity index (χ1n) is 6.07. The van der Waals surface area contributed by atoms with E-state index in [1.165, 1.54) is 0 Å². The Kier molecular flexibility index (Phi) is 4.90. The molecule has 1 rings (SSSR count). The first-order chi connectivity index (χ1) is 8.23. The Morgan fingerprint density at radius 2 is 2.06 bits per heavy atom. The zero-order valence-electron chi connectivity index (χ0n) is 11.4. The van der Waals surface area contributed by atoms with E-state index in [-0.39, 0.29) is 12.1 Å². The summed E-state index contributed by atoms with van der Waals surface area (Å²) >= 11 is 1.82. The Labute approximate surface area is 112 Å². The van der Waals surface area contributed by atoms with Crippen LogP contribution in [-0.4, -0.2) is 52.6 Å². The summed E-state index contributed by atoms with van der Waals surface area (Å²) < 4.78 is 0. The first kappa shape index (κ1) is 15.1. The summed E-state index contributed by atoms with van der Waals surface area (Å²) in [6.07, 6.45) is 0.974. The van der Waals surface area contributed by atoms with Gasteiger partial charge in [0.05, 0.1) is 0 Å². The summed E-state index contributed by atoms with van der Waals surface area (Å²) in [6, 6.07) is -0.962. The van der Waals surface area contributed by atoms with Crippen molar-refractivity contribution in [3.05, 3.63) is 0 Å². The molecule has 0 aromatic heterocycles. The number of urea groups is 1. The fraction of sp³-hybridized carbons (Fsp3) is 0.833. The van der Waals surface area contributed by atoms with Crippen molar-refractivity contribution in [2.75, 3.05) is 18.6 Å². The van der Waals surface area contributed by atoms with E-state index in [4.69, 9.17) is 5.11 Å². The van der Waals surface area contributed by atoms with Crippen molar-refractivity contribution < 1.29 is 14.7 Å². The van der Waals surface area contributed by atoms with Gasteiger partial charge < -0.3 is 15.3 Å². The van der Waals surface area contributed by atoms with Gasteiger partial charge >= 0.3 is 12.0 Å². The number of carbonyl (C=O) groups is 2. The van der Waals surface area contributed by atoms with Gasteiger partial charge in [0.1, 0.15) is 6.04 Å². The van der Waals surface area contributed by atoms with Gasteiger partial charge in [-0.1, -0.05) is 20.8 Å². The average molecular weight is 274 g/mol. The molecule has 1 saturated heterocycles. The van der Waals surface area contributed by atoms with Crippen molar-refractivity contribution in [3.8, 4) is 0 Å². The molecule has 2 amide bonds. The summed E-state index contributed by atoms with van der Waals surface area (Å²) in [4.78, 5) is 24.8. The number of hydrogen-bond acceptors (Lipinski definition) is 3. The summed E-state index contributed by atoms with van der Waals surface area (Å²) in [5.41, 5.74) is -0.507. The van der Waals surface area contributed by atoms with Gasteiger partial charge in [0.2, 0.25) is 0 Å². The van der Waals surface area contributed by atoms with Gasteiger partial charge in [0.25, 0.3) is 0 Å². The molecule has 1 fully saturated rings. The summed E-state index contributed by atoms with van der Waals surface area (Å²) in [7, 11) is 1.73. The van der Waals surface area contributed by atoms with Crippen LogP contribution in [0.5, 0.6) is 0 Å². The van der Waals surface area contributed by atoms with Crippen molar-refractivity contribution in [2.45, 2.75) is 39.3 Å². The van der Waals surface area contributed by atoms with E-state index in [0.717, 1.165) is 17.9 Å². The number of hydrogen-bond donors (Lipinski definition) is 2. The molecule has 0 radical (unpaired) electrons. The van der Waals surface area contributed by atoms with Gasteiger partial charge in [-0.15, -0.1) is 0 Å². The van der Waals surface area contributed by atoms with Crippen molar-refractivity contribution in [2.24, 2.45) is 5.41 Å². The molecule has 1 aliphatic rings. The normalized spacial score (nSPS) is 21.4. The summed E-state index contributed by atoms with van der Waals surface area (Å²) in [5, 5.41) is 11.8. The molecule has 1 unspecified atom stereocenters. The maximum atomic E-state index is 12.0. The predicted octanol–water partition coefficient (Wildman–Crippen LogP) is 1.63. The highest BCUT2D eigenvalue weighted by molar-refractivity contribution is 7.99. The third kappa shape index (κ3) is 3.80. The van der Waals surface area contributed by atoms with E-state index in [2.05, 4.69) is 5.32 Å². The zero-order chi connectivity index (χ0) is 13.9. The minimum Gasteiger partial charge on any atom is -0.480 e. The average Bonchev–Trinajstić information content (AvgIpc) is 2.75. The minimum atomic E-state index is -0.995. The Morgan fingerprint density at radius 3 is 2.44 bits per heavy atom. The lowest BCUT2D eigenvalue weighted by Gasteiger charge is -2.31. The van der Waals surface area contributed by atoms with Crippen LogP contribution in [0.4, 0.5) is 4.79 Å². The van der Waals surface area contributed by atoms with Crippen LogP contribution < -0.4 is 5.32 Å². The Bertz CT molecular complexity index is 322. The number of aliphatic carboxylic acids is 1. The third-order valence-electron chi connectivity index (χ3n) is 3.15. The standard InChI is InChI=1S/C12H22N2O3S/c1-12(2,3)9(10(15)16)13-11(17)14(4)8-5-6-18-7-8/h8-9H,5-7H2,1-4H3,(H,13,17)(H,15,16)/t8?,9-/m0/s1. The lowest BCUT2D eigenvalue weighted by atomic mass is 9.87. The van der Waals surface area contributed by atoms with Crippen LogP contribution in [0.1, 0.15) is 27.2 Å². The van der Waals surface area contributed by atoms with Gasteiger partial charge in [-0.2, -0.15) is 11.8 Å². The molecule has 2 atom stereocenters. The number of nitrogens with zero attached hydrogens (tertiary/aromatic N) is 1. The molecule has 0 aliphatic carbocycles. The van der Waals surface area contributed by atoms with Crippen LogP contribution in [0.15, 0.2) is 0 Å². The highest BCUT2D eigenvalue weighted by atomic mass is 32.2. The van der Waals surface area contributed by atoms with E-state index in [1.54, 1.807) is 32.7 Å². The summed E-state index contributed by atoms with van der Waals surface area (Å²) in [6.45, 7) is 5.41. The molecule has 1 aliphatic heterocycles. The second-order valence-electron chi connectivity index (χ2n) is 5.72. The topological polar surface area (TPSA) is 69.6 Å². The first-order valence-corrected chi connectivity index (χ1v) is 7.23. The number of carboxylic acid groups (broad SMARTS) is 1. The van der Waals surface area contributed by atoms with Crippen LogP contribution in [-0.2, 0) is 4.79 Å². The van der Waals surface area contributed by atoms with Crippen LogP contribution in [0.2, 0.25) is 0 Å². The quantitative estimate of drug-likeness (QED) is 0.820. The van der Waals surface area contributed by atoms with Crippen molar-refractivity contribution in [1.29, 1.82) is 0 Å². The molecule has 6 heteroatoms. The molecule has 0 saturated carbocycles. The predicted molar refractivity (Wildman–Crippen MR) is 72.9 cm³/mol. The van der Waals surface area contributed by atoms with Crippen LogP contribution in [0.25, 0.3) is 0 Å². The largest absolute Gasteiger partial charge is 0.480 e. The fourth-order valence-corrected chi connectivity index (χ4v) is 3.14. The number of thioether (sulfide) groups is 1. The molecule has 104 valence electrons. The third-order valence-corrected chi connectivity index (χ3v) is 4.30. The number of carboxylic acids is 1. The van der Waals surface area contributed by atoms with Crippen molar-refractivity contribution in [3.63, 3.8) is 0 Å². The highest BCUT2D eigenvalue weighted by Crippen LogP contribution is 2.23. The van der Waals surface area contributed by atoms with E-state index in [9.17, 15) is 9.59 Å². The monoisotopic (exact) mass is 274 g/mol. The number of carbonyl (C=O) groups excluding carboxylic acids is 1. The molecule has 0 bridgehead atoms. The van der Waals surface area contributed by atoms with E-state index in [1.807, 2.05) is 11.8 Å². The molecule has 0 aromatic rings. The van der Waals surface area contributed by atoms with Gasteiger partial charge in [0, 0.05) is 18.8 Å². The maximum absolute atomic E-state index is 12.0. The lowest BCUT2D eigenvalue weighted by molar-refractivity contribution is -0.142. The van der Waals surface area contributed by atoms with E-state index in [0.29, 0.717) is 0 Å².